The third kappa shape index (κ3) is 9.95. The van der Waals surface area contributed by atoms with Crippen molar-refractivity contribution in [3.05, 3.63) is 0 Å². The van der Waals surface area contributed by atoms with Crippen molar-refractivity contribution in [3.63, 3.8) is 0 Å². The highest BCUT2D eigenvalue weighted by Crippen LogP contribution is 2.35. The first kappa shape index (κ1) is 13.0. The van der Waals surface area contributed by atoms with E-state index >= 15 is 0 Å². The molecule has 0 aliphatic heterocycles. The van der Waals surface area contributed by atoms with Crippen molar-refractivity contribution >= 4 is 7.82 Å². The second-order valence-corrected chi connectivity index (χ2v) is 3.92. The van der Waals surface area contributed by atoms with E-state index in [4.69, 9.17) is 9.79 Å². The van der Waals surface area contributed by atoms with Gasteiger partial charge in [-0.3, -0.25) is 4.52 Å². The van der Waals surface area contributed by atoms with Crippen LogP contribution in [-0.4, -0.2) is 48.0 Å². The Kier molecular flexibility index (Phi) is 6.49. The summed E-state index contributed by atoms with van der Waals surface area (Å²) in [5.41, 5.74) is 0. The molecule has 79 valence electrons. The summed E-state index contributed by atoms with van der Waals surface area (Å²) in [6.07, 6.45) is 0.534. The molecule has 0 saturated heterocycles. The standard InChI is InChI=1S/C6H15NO5P/c1-7(3-2-5-8)4-6-12-13(9,10)11/h2-6H2,1H3,(H2,9,10,11). The normalized spacial score (nSPS) is 12.4. The lowest BCUT2D eigenvalue weighted by molar-refractivity contribution is 0.152. The predicted octanol–water partition coefficient (Wildman–Crippen LogP) is -0.152. The van der Waals surface area contributed by atoms with E-state index in [2.05, 4.69) is 4.52 Å². The fourth-order valence-electron chi connectivity index (χ4n) is 0.762. The van der Waals surface area contributed by atoms with E-state index in [0.29, 0.717) is 19.5 Å². The molecule has 7 heteroatoms. The quantitative estimate of drug-likeness (QED) is 0.572. The number of hydrogen-bond donors (Lipinski definition) is 2. The molecule has 0 spiro atoms. The van der Waals surface area contributed by atoms with Crippen LogP contribution in [0.2, 0.25) is 0 Å². The van der Waals surface area contributed by atoms with Crippen molar-refractivity contribution in [2.24, 2.45) is 0 Å². The van der Waals surface area contributed by atoms with Crippen molar-refractivity contribution in [2.45, 2.75) is 6.42 Å². The summed E-state index contributed by atoms with van der Waals surface area (Å²) < 4.78 is 14.5. The first-order chi connectivity index (χ1) is 5.95. The molecule has 0 amide bonds. The van der Waals surface area contributed by atoms with Crippen LogP contribution >= 0.6 is 7.82 Å². The molecule has 0 aliphatic rings. The Labute approximate surface area is 77.4 Å². The Balaban J connectivity index is 3.37. The van der Waals surface area contributed by atoms with E-state index in [-0.39, 0.29) is 13.2 Å². The Morgan fingerprint density at radius 3 is 2.46 bits per heavy atom. The summed E-state index contributed by atoms with van der Waals surface area (Å²) in [6.45, 7) is 0.864. The third-order valence-corrected chi connectivity index (χ3v) is 1.94. The largest absolute Gasteiger partial charge is 0.469 e. The van der Waals surface area contributed by atoms with Crippen LogP contribution in [0.3, 0.4) is 0 Å². The summed E-state index contributed by atoms with van der Waals surface area (Å²) in [4.78, 5) is 18.4. The molecule has 0 aromatic heterocycles. The molecule has 0 aromatic rings. The second kappa shape index (κ2) is 6.48. The Bertz CT molecular complexity index is 170. The average Bonchev–Trinajstić information content (AvgIpc) is 1.98. The molecular formula is C6H15NO5P. The third-order valence-electron chi connectivity index (χ3n) is 1.42. The van der Waals surface area contributed by atoms with Gasteiger partial charge in [0.2, 0.25) is 0 Å². The van der Waals surface area contributed by atoms with Gasteiger partial charge in [0.05, 0.1) is 13.2 Å². The maximum Gasteiger partial charge on any atom is 0.469 e. The first-order valence-corrected chi connectivity index (χ1v) is 5.45. The van der Waals surface area contributed by atoms with Crippen molar-refractivity contribution in [2.75, 3.05) is 33.4 Å². The van der Waals surface area contributed by atoms with E-state index in [1.165, 1.54) is 0 Å². The van der Waals surface area contributed by atoms with Crippen LogP contribution in [0.25, 0.3) is 0 Å². The van der Waals surface area contributed by atoms with E-state index in [9.17, 15) is 9.67 Å². The van der Waals surface area contributed by atoms with E-state index in [0.717, 1.165) is 0 Å². The summed E-state index contributed by atoms with van der Waals surface area (Å²) in [7, 11) is -2.57. The molecular weight excluding hydrogens is 197 g/mol. The monoisotopic (exact) mass is 212 g/mol. The highest BCUT2D eigenvalue weighted by Gasteiger charge is 2.13. The summed E-state index contributed by atoms with van der Waals surface area (Å²) in [6, 6.07) is 0. The zero-order valence-electron chi connectivity index (χ0n) is 7.55. The maximum atomic E-state index is 10.2. The van der Waals surface area contributed by atoms with Gasteiger partial charge < -0.3 is 14.7 Å². The Morgan fingerprint density at radius 1 is 1.38 bits per heavy atom. The van der Waals surface area contributed by atoms with Crippen molar-refractivity contribution in [3.8, 4) is 0 Å². The van der Waals surface area contributed by atoms with Gasteiger partial charge in [-0.1, -0.05) is 0 Å². The van der Waals surface area contributed by atoms with Crippen LogP contribution < -0.4 is 0 Å². The Morgan fingerprint density at radius 2 is 2.00 bits per heavy atom. The maximum absolute atomic E-state index is 10.2. The van der Waals surface area contributed by atoms with Gasteiger partial charge in [-0.25, -0.2) is 9.67 Å². The van der Waals surface area contributed by atoms with Crippen LogP contribution in [-0.2, 0) is 14.2 Å². The molecule has 0 rings (SSSR count). The van der Waals surface area contributed by atoms with Gasteiger partial charge in [0.25, 0.3) is 0 Å². The topological polar surface area (TPSA) is 89.9 Å². The molecule has 13 heavy (non-hydrogen) atoms. The first-order valence-electron chi connectivity index (χ1n) is 3.92. The van der Waals surface area contributed by atoms with Crippen LogP contribution in [0.1, 0.15) is 6.42 Å². The van der Waals surface area contributed by atoms with Crippen LogP contribution in [0.4, 0.5) is 0 Å². The molecule has 1 radical (unpaired) electrons. The van der Waals surface area contributed by atoms with Crippen molar-refractivity contribution < 1.29 is 24.0 Å². The minimum absolute atomic E-state index is 0.0281. The highest BCUT2D eigenvalue weighted by molar-refractivity contribution is 7.46. The van der Waals surface area contributed by atoms with E-state index < -0.39 is 7.82 Å². The lowest BCUT2D eigenvalue weighted by atomic mass is 10.4. The number of rotatable bonds is 7. The molecule has 0 bridgehead atoms. The number of phosphoric acid groups is 1. The number of hydrogen-bond acceptors (Lipinski definition) is 3. The molecule has 2 N–H and O–H groups in total. The molecule has 0 aliphatic carbocycles. The van der Waals surface area contributed by atoms with Gasteiger partial charge in [-0.2, -0.15) is 0 Å². The van der Waals surface area contributed by atoms with Gasteiger partial charge in [0.1, 0.15) is 0 Å². The summed E-state index contributed by atoms with van der Waals surface area (Å²) in [5, 5.41) is 10.1. The minimum Gasteiger partial charge on any atom is -0.304 e. The predicted molar refractivity (Wildman–Crippen MR) is 45.7 cm³/mol. The lowest BCUT2D eigenvalue weighted by Gasteiger charge is -2.15. The SMILES string of the molecule is CN(CCC[O])CCOP(=O)(O)O. The number of likely N-dealkylation sites (N-methyl/N-ethyl adjacent to an activating group) is 1. The smallest absolute Gasteiger partial charge is 0.304 e. The van der Waals surface area contributed by atoms with Crippen molar-refractivity contribution in [1.29, 1.82) is 0 Å². The van der Waals surface area contributed by atoms with Gasteiger partial charge in [-0.05, 0) is 13.5 Å². The molecule has 0 unspecified atom stereocenters. The Hall–Kier alpha value is 0.0300. The molecule has 0 atom stereocenters. The zero-order valence-corrected chi connectivity index (χ0v) is 8.44. The van der Waals surface area contributed by atoms with Gasteiger partial charge in [-0.15, -0.1) is 0 Å². The van der Waals surface area contributed by atoms with Gasteiger partial charge in [0.15, 0.2) is 0 Å². The number of phosphoric ester groups is 1. The van der Waals surface area contributed by atoms with Crippen LogP contribution in [0.15, 0.2) is 0 Å². The van der Waals surface area contributed by atoms with Gasteiger partial charge in [0, 0.05) is 13.1 Å². The van der Waals surface area contributed by atoms with E-state index in [1.807, 2.05) is 0 Å². The molecule has 0 saturated carbocycles. The fourth-order valence-corrected chi connectivity index (χ4v) is 1.08. The zero-order chi connectivity index (χ0) is 10.3. The number of nitrogens with zero attached hydrogens (tertiary/aromatic N) is 1. The van der Waals surface area contributed by atoms with Crippen LogP contribution in [0.5, 0.6) is 0 Å². The lowest BCUT2D eigenvalue weighted by Crippen LogP contribution is -2.24. The van der Waals surface area contributed by atoms with Gasteiger partial charge >= 0.3 is 7.82 Å². The summed E-state index contributed by atoms with van der Waals surface area (Å²) in [5.74, 6) is 0. The minimum atomic E-state index is -4.34. The second-order valence-electron chi connectivity index (χ2n) is 2.68. The fraction of sp³-hybridized carbons (Fsp3) is 1.00. The summed E-state index contributed by atoms with van der Waals surface area (Å²) >= 11 is 0. The van der Waals surface area contributed by atoms with Crippen molar-refractivity contribution in [1.82, 2.24) is 4.90 Å². The molecule has 0 heterocycles. The molecule has 0 aromatic carbocycles. The average molecular weight is 212 g/mol. The molecule has 0 fully saturated rings. The molecule has 6 nitrogen and oxygen atoms in total. The highest BCUT2D eigenvalue weighted by atomic mass is 31.2. The van der Waals surface area contributed by atoms with Crippen LogP contribution in [0, 0.1) is 0 Å². The van der Waals surface area contributed by atoms with E-state index in [1.54, 1.807) is 11.9 Å².